The lowest BCUT2D eigenvalue weighted by Crippen LogP contribution is -2.41. The summed E-state index contributed by atoms with van der Waals surface area (Å²) in [6.45, 7) is 3.66. The zero-order chi connectivity index (χ0) is 21.2. The summed E-state index contributed by atoms with van der Waals surface area (Å²) in [5.41, 5.74) is 0.689. The van der Waals surface area contributed by atoms with E-state index in [0.717, 1.165) is 0 Å². The molecule has 0 aromatic heterocycles. The maximum absolute atomic E-state index is 14.7. The van der Waals surface area contributed by atoms with Crippen molar-refractivity contribution >= 4 is 39.0 Å². The van der Waals surface area contributed by atoms with E-state index in [9.17, 15) is 23.0 Å². The number of carbonyl (C=O) groups is 3. The Bertz CT molecular complexity index is 946. The molecule has 0 unspecified atom stereocenters. The van der Waals surface area contributed by atoms with Crippen molar-refractivity contribution in [1.29, 1.82) is 0 Å². The number of nitrogens with zero attached hydrogens (tertiary/aromatic N) is 3. The Labute approximate surface area is 168 Å². The van der Waals surface area contributed by atoms with E-state index in [1.165, 1.54) is 24.8 Å². The standard InChI is InChI=1S/C18H23FN4O5S/c1-12(24)20-10-15-11-23(18(26)28-15)14-3-4-17(16(19)9-14)22-5-7-29(27,8-6-22)21-13(2)25/h3-4,9,15H,5-8,10-11H2,1-2H3,(H,20,24)/t15-/m0/s1. The van der Waals surface area contributed by atoms with Crippen LogP contribution >= 0.6 is 0 Å². The Morgan fingerprint density at radius 1 is 1.31 bits per heavy atom. The molecule has 1 aromatic carbocycles. The molecule has 1 aromatic rings. The van der Waals surface area contributed by atoms with Gasteiger partial charge in [-0.2, -0.15) is 4.36 Å². The van der Waals surface area contributed by atoms with Gasteiger partial charge >= 0.3 is 6.09 Å². The predicted molar refractivity (Wildman–Crippen MR) is 106 cm³/mol. The molecular formula is C18H23FN4O5S. The molecule has 3 amide bonds. The third-order valence-corrected chi connectivity index (χ3v) is 6.92. The lowest BCUT2D eigenvalue weighted by Gasteiger charge is -2.31. The van der Waals surface area contributed by atoms with Gasteiger partial charge in [-0.05, 0) is 18.2 Å². The van der Waals surface area contributed by atoms with Crippen LogP contribution < -0.4 is 15.1 Å². The lowest BCUT2D eigenvalue weighted by atomic mass is 10.2. The minimum Gasteiger partial charge on any atom is -0.442 e. The molecule has 0 spiro atoms. The van der Waals surface area contributed by atoms with Gasteiger partial charge < -0.3 is 15.0 Å². The molecule has 2 saturated heterocycles. The number of benzene rings is 1. The van der Waals surface area contributed by atoms with Gasteiger partial charge in [0.1, 0.15) is 11.9 Å². The van der Waals surface area contributed by atoms with Gasteiger partial charge in [-0.15, -0.1) is 0 Å². The molecule has 0 radical (unpaired) electrons. The van der Waals surface area contributed by atoms with Gasteiger partial charge in [0.2, 0.25) is 5.91 Å². The molecule has 158 valence electrons. The van der Waals surface area contributed by atoms with Crippen LogP contribution in [-0.2, 0) is 24.1 Å². The molecule has 0 saturated carbocycles. The molecule has 2 heterocycles. The Morgan fingerprint density at radius 2 is 2.00 bits per heavy atom. The summed E-state index contributed by atoms with van der Waals surface area (Å²) in [5, 5.41) is 2.59. The number of anilines is 2. The summed E-state index contributed by atoms with van der Waals surface area (Å²) in [6.07, 6.45) is -1.11. The van der Waals surface area contributed by atoms with Crippen molar-refractivity contribution in [3.63, 3.8) is 0 Å². The highest BCUT2D eigenvalue weighted by molar-refractivity contribution is 7.94. The van der Waals surface area contributed by atoms with E-state index in [4.69, 9.17) is 4.74 Å². The van der Waals surface area contributed by atoms with Gasteiger partial charge in [0.05, 0.1) is 34.2 Å². The first kappa shape index (κ1) is 21.0. The van der Waals surface area contributed by atoms with Crippen molar-refractivity contribution in [2.75, 3.05) is 47.5 Å². The fourth-order valence-electron chi connectivity index (χ4n) is 3.30. The molecule has 29 heavy (non-hydrogen) atoms. The smallest absolute Gasteiger partial charge is 0.414 e. The van der Waals surface area contributed by atoms with Crippen LogP contribution in [0.2, 0.25) is 0 Å². The zero-order valence-electron chi connectivity index (χ0n) is 16.2. The van der Waals surface area contributed by atoms with Crippen LogP contribution in [0.1, 0.15) is 13.8 Å². The van der Waals surface area contributed by atoms with E-state index < -0.39 is 33.7 Å². The van der Waals surface area contributed by atoms with Crippen LogP contribution in [0.15, 0.2) is 22.6 Å². The summed E-state index contributed by atoms with van der Waals surface area (Å²) in [4.78, 5) is 37.3. The summed E-state index contributed by atoms with van der Waals surface area (Å²) in [5.74, 6) is -0.823. The summed E-state index contributed by atoms with van der Waals surface area (Å²) >= 11 is 0. The Hall–Kier alpha value is -2.69. The highest BCUT2D eigenvalue weighted by atomic mass is 32.2. The molecule has 0 bridgehead atoms. The van der Waals surface area contributed by atoms with Gasteiger partial charge in [0.15, 0.2) is 0 Å². The van der Waals surface area contributed by atoms with Crippen molar-refractivity contribution < 1.29 is 27.7 Å². The van der Waals surface area contributed by atoms with E-state index >= 15 is 0 Å². The van der Waals surface area contributed by atoms with Crippen LogP contribution in [0.5, 0.6) is 0 Å². The first-order chi connectivity index (χ1) is 13.7. The quantitative estimate of drug-likeness (QED) is 0.773. The third-order valence-electron chi connectivity index (χ3n) is 4.69. The number of ether oxygens (including phenoxy) is 1. The minimum atomic E-state index is -2.58. The Morgan fingerprint density at radius 3 is 2.59 bits per heavy atom. The highest BCUT2D eigenvalue weighted by Gasteiger charge is 2.33. The molecular weight excluding hydrogens is 403 g/mol. The van der Waals surface area contributed by atoms with Crippen molar-refractivity contribution in [2.24, 2.45) is 4.36 Å². The molecule has 0 aliphatic carbocycles. The first-order valence-electron chi connectivity index (χ1n) is 9.17. The fourth-order valence-corrected chi connectivity index (χ4v) is 5.17. The van der Waals surface area contributed by atoms with Gasteiger partial charge in [-0.3, -0.25) is 14.5 Å². The predicted octanol–water partition coefficient (Wildman–Crippen LogP) is 1.12. The molecule has 2 aliphatic rings. The second-order valence-corrected chi connectivity index (χ2v) is 9.51. The van der Waals surface area contributed by atoms with Crippen molar-refractivity contribution in [3.05, 3.63) is 24.0 Å². The maximum atomic E-state index is 14.7. The molecule has 2 aliphatic heterocycles. The monoisotopic (exact) mass is 426 g/mol. The summed E-state index contributed by atoms with van der Waals surface area (Å²) < 4.78 is 36.1. The molecule has 3 rings (SSSR count). The topological polar surface area (TPSA) is 108 Å². The van der Waals surface area contributed by atoms with Crippen molar-refractivity contribution in [2.45, 2.75) is 20.0 Å². The van der Waals surface area contributed by atoms with E-state index in [1.807, 2.05) is 0 Å². The molecule has 1 N–H and O–H groups in total. The number of halogens is 1. The third kappa shape index (κ3) is 5.03. The lowest BCUT2D eigenvalue weighted by molar-refractivity contribution is -0.119. The molecule has 2 fully saturated rings. The van der Waals surface area contributed by atoms with Crippen LogP contribution in [0.4, 0.5) is 20.6 Å². The van der Waals surface area contributed by atoms with Crippen LogP contribution in [-0.4, -0.2) is 65.9 Å². The van der Waals surface area contributed by atoms with Gasteiger partial charge in [0.25, 0.3) is 5.91 Å². The first-order valence-corrected chi connectivity index (χ1v) is 11.0. The van der Waals surface area contributed by atoms with Gasteiger partial charge in [-0.25, -0.2) is 13.4 Å². The number of carbonyl (C=O) groups excluding carboxylic acids is 3. The average molecular weight is 426 g/mol. The fraction of sp³-hybridized carbons (Fsp3) is 0.500. The molecule has 1 atom stereocenters. The largest absolute Gasteiger partial charge is 0.442 e. The second-order valence-electron chi connectivity index (χ2n) is 6.97. The van der Waals surface area contributed by atoms with Gasteiger partial charge in [-0.1, -0.05) is 0 Å². The number of rotatable bonds is 4. The Kier molecular flexibility index (Phi) is 6.06. The molecule has 11 heteroatoms. The van der Waals surface area contributed by atoms with Crippen molar-refractivity contribution in [3.8, 4) is 0 Å². The average Bonchev–Trinajstić information content (AvgIpc) is 3.01. The summed E-state index contributed by atoms with van der Waals surface area (Å²) in [7, 11) is -2.58. The number of hydrogen-bond donors (Lipinski definition) is 1. The van der Waals surface area contributed by atoms with E-state index in [2.05, 4.69) is 9.68 Å². The van der Waals surface area contributed by atoms with E-state index in [-0.39, 0.29) is 30.5 Å². The van der Waals surface area contributed by atoms with Crippen LogP contribution in [0, 0.1) is 5.82 Å². The SMILES string of the molecule is CC(=O)N=S1(=O)CCN(c2ccc(N3C[C@H](CNC(C)=O)OC3=O)cc2F)CC1. The summed E-state index contributed by atoms with van der Waals surface area (Å²) in [6, 6.07) is 4.43. The highest BCUT2D eigenvalue weighted by Crippen LogP contribution is 2.29. The number of nitrogens with one attached hydrogen (secondary N) is 1. The normalized spacial score (nSPS) is 20.9. The second kappa shape index (κ2) is 8.36. The van der Waals surface area contributed by atoms with Gasteiger partial charge in [0, 0.05) is 38.4 Å². The van der Waals surface area contributed by atoms with E-state index in [1.54, 1.807) is 17.0 Å². The minimum absolute atomic E-state index is 0.191. The molecule has 9 nitrogen and oxygen atoms in total. The number of cyclic esters (lactones) is 1. The van der Waals surface area contributed by atoms with Crippen molar-refractivity contribution in [1.82, 2.24) is 5.32 Å². The van der Waals surface area contributed by atoms with E-state index in [0.29, 0.717) is 24.5 Å². The number of amides is 3. The maximum Gasteiger partial charge on any atom is 0.414 e. The van der Waals surface area contributed by atoms with Crippen LogP contribution in [0.25, 0.3) is 0 Å². The zero-order valence-corrected chi connectivity index (χ0v) is 17.0. The number of hydrogen-bond acceptors (Lipinski definition) is 6. The van der Waals surface area contributed by atoms with Crippen LogP contribution in [0.3, 0.4) is 0 Å². The Balaban J connectivity index is 1.68.